The molecule has 0 heterocycles. The van der Waals surface area contributed by atoms with Crippen molar-refractivity contribution in [1.29, 1.82) is 0 Å². The van der Waals surface area contributed by atoms with Crippen LogP contribution in [0.3, 0.4) is 0 Å². The first-order valence-electron chi connectivity index (χ1n) is 4.77. The lowest BCUT2D eigenvalue weighted by molar-refractivity contribution is 0.0524. The van der Waals surface area contributed by atoms with Crippen LogP contribution in [0.25, 0.3) is 0 Å². The van der Waals surface area contributed by atoms with Crippen LogP contribution in [0, 0.1) is 13.8 Å². The fourth-order valence-electron chi connectivity index (χ4n) is 1.61. The van der Waals surface area contributed by atoms with Gasteiger partial charge in [0.25, 0.3) is 0 Å². The molecule has 1 N–H and O–H groups in total. The highest BCUT2D eigenvalue weighted by Crippen LogP contribution is 2.27. The molecule has 0 fully saturated rings. The Hall–Kier alpha value is -0.820. The van der Waals surface area contributed by atoms with Crippen molar-refractivity contribution in [2.45, 2.75) is 39.7 Å². The number of hydrogen-bond acceptors (Lipinski definition) is 1. The number of aliphatic hydroxyl groups is 1. The molecular weight excluding hydrogens is 160 g/mol. The van der Waals surface area contributed by atoms with Gasteiger partial charge in [-0.1, -0.05) is 30.7 Å². The molecule has 0 unspecified atom stereocenters. The Morgan fingerprint density at radius 1 is 1.31 bits per heavy atom. The second-order valence-electron chi connectivity index (χ2n) is 3.95. The third-order valence-electron chi connectivity index (χ3n) is 2.65. The number of rotatable bonds is 2. The molecule has 72 valence electrons. The summed E-state index contributed by atoms with van der Waals surface area (Å²) in [5, 5.41) is 10.1. The highest BCUT2D eigenvalue weighted by Gasteiger charge is 2.21. The zero-order valence-corrected chi connectivity index (χ0v) is 8.89. The molecular formula is C12H18O. The largest absolute Gasteiger partial charge is 0.385 e. The number of aryl methyl sites for hydroxylation is 2. The summed E-state index contributed by atoms with van der Waals surface area (Å²) in [6, 6.07) is 6.18. The van der Waals surface area contributed by atoms with E-state index in [1.54, 1.807) is 0 Å². The number of benzene rings is 1. The molecule has 1 heteroatoms. The van der Waals surface area contributed by atoms with Crippen molar-refractivity contribution < 1.29 is 5.11 Å². The molecule has 0 aliphatic rings. The second kappa shape index (κ2) is 3.51. The molecule has 1 nitrogen and oxygen atoms in total. The van der Waals surface area contributed by atoms with Crippen molar-refractivity contribution in [2.24, 2.45) is 0 Å². The van der Waals surface area contributed by atoms with Gasteiger partial charge in [-0.25, -0.2) is 0 Å². The van der Waals surface area contributed by atoms with E-state index >= 15 is 0 Å². The third kappa shape index (κ3) is 2.10. The molecule has 1 rings (SSSR count). The van der Waals surface area contributed by atoms with Crippen molar-refractivity contribution in [3.05, 3.63) is 34.9 Å². The molecule has 0 aliphatic heterocycles. The molecule has 1 aromatic carbocycles. The van der Waals surface area contributed by atoms with Gasteiger partial charge in [0.05, 0.1) is 5.60 Å². The maximum Gasteiger partial charge on any atom is 0.0868 e. The number of hydrogen-bond donors (Lipinski definition) is 1. The standard InChI is InChI=1S/C12H18O/c1-5-12(4,13)11-7-6-9(2)8-10(11)3/h6-8,13H,5H2,1-4H3/t12-/m0/s1. The summed E-state index contributed by atoms with van der Waals surface area (Å²) in [7, 11) is 0. The minimum atomic E-state index is -0.683. The summed E-state index contributed by atoms with van der Waals surface area (Å²) >= 11 is 0. The predicted molar refractivity (Wildman–Crippen MR) is 55.8 cm³/mol. The summed E-state index contributed by atoms with van der Waals surface area (Å²) in [4.78, 5) is 0. The molecule has 0 radical (unpaired) electrons. The topological polar surface area (TPSA) is 20.2 Å². The van der Waals surface area contributed by atoms with E-state index < -0.39 is 5.60 Å². The fraction of sp³-hybridized carbons (Fsp3) is 0.500. The van der Waals surface area contributed by atoms with Crippen LogP contribution in [0.1, 0.15) is 37.0 Å². The second-order valence-corrected chi connectivity index (χ2v) is 3.95. The quantitative estimate of drug-likeness (QED) is 0.738. The lowest BCUT2D eigenvalue weighted by Gasteiger charge is -2.24. The predicted octanol–water partition coefficient (Wildman–Crippen LogP) is 2.92. The maximum absolute atomic E-state index is 10.1. The Morgan fingerprint density at radius 3 is 2.38 bits per heavy atom. The van der Waals surface area contributed by atoms with Crippen molar-refractivity contribution in [2.75, 3.05) is 0 Å². The monoisotopic (exact) mass is 178 g/mol. The summed E-state index contributed by atoms with van der Waals surface area (Å²) in [5.41, 5.74) is 2.78. The summed E-state index contributed by atoms with van der Waals surface area (Å²) < 4.78 is 0. The molecule has 1 atom stereocenters. The molecule has 0 aromatic heterocycles. The SMILES string of the molecule is CC[C@](C)(O)c1ccc(C)cc1C. The Bertz CT molecular complexity index is 300. The van der Waals surface area contributed by atoms with Gasteiger partial charge in [0, 0.05) is 0 Å². The van der Waals surface area contributed by atoms with Crippen molar-refractivity contribution in [3.63, 3.8) is 0 Å². The van der Waals surface area contributed by atoms with E-state index in [1.807, 2.05) is 32.9 Å². The van der Waals surface area contributed by atoms with E-state index in [4.69, 9.17) is 0 Å². The maximum atomic E-state index is 10.1. The first-order valence-corrected chi connectivity index (χ1v) is 4.77. The Kier molecular flexibility index (Phi) is 2.77. The molecule has 13 heavy (non-hydrogen) atoms. The van der Waals surface area contributed by atoms with Crippen LogP contribution >= 0.6 is 0 Å². The van der Waals surface area contributed by atoms with Gasteiger partial charge in [0.2, 0.25) is 0 Å². The summed E-state index contributed by atoms with van der Waals surface area (Å²) in [6.45, 7) is 7.98. The molecule has 0 amide bonds. The van der Waals surface area contributed by atoms with Gasteiger partial charge < -0.3 is 5.11 Å². The van der Waals surface area contributed by atoms with Crippen molar-refractivity contribution in [3.8, 4) is 0 Å². The highest BCUT2D eigenvalue weighted by molar-refractivity contribution is 5.34. The van der Waals surface area contributed by atoms with Crippen LogP contribution in [-0.2, 0) is 5.60 Å². The minimum Gasteiger partial charge on any atom is -0.385 e. The normalized spacial score (nSPS) is 15.5. The van der Waals surface area contributed by atoms with E-state index in [9.17, 15) is 5.11 Å². The zero-order valence-electron chi connectivity index (χ0n) is 8.89. The van der Waals surface area contributed by atoms with E-state index in [1.165, 1.54) is 11.1 Å². The average molecular weight is 178 g/mol. The first-order chi connectivity index (χ1) is 5.97. The fourth-order valence-corrected chi connectivity index (χ4v) is 1.61. The zero-order chi connectivity index (χ0) is 10.1. The third-order valence-corrected chi connectivity index (χ3v) is 2.65. The van der Waals surface area contributed by atoms with Crippen LogP contribution < -0.4 is 0 Å². The van der Waals surface area contributed by atoms with Gasteiger partial charge in [-0.05, 0) is 38.3 Å². The Morgan fingerprint density at radius 2 is 1.92 bits per heavy atom. The van der Waals surface area contributed by atoms with Gasteiger partial charge in [-0.2, -0.15) is 0 Å². The van der Waals surface area contributed by atoms with Gasteiger partial charge in [0.15, 0.2) is 0 Å². The molecule has 0 bridgehead atoms. The van der Waals surface area contributed by atoms with Crippen LogP contribution in [0.4, 0.5) is 0 Å². The van der Waals surface area contributed by atoms with Crippen LogP contribution in [0.2, 0.25) is 0 Å². The van der Waals surface area contributed by atoms with Crippen LogP contribution in [-0.4, -0.2) is 5.11 Å². The van der Waals surface area contributed by atoms with Gasteiger partial charge >= 0.3 is 0 Å². The van der Waals surface area contributed by atoms with Gasteiger partial charge in [0.1, 0.15) is 0 Å². The summed E-state index contributed by atoms with van der Waals surface area (Å²) in [6.07, 6.45) is 0.747. The van der Waals surface area contributed by atoms with Crippen molar-refractivity contribution >= 4 is 0 Å². The lowest BCUT2D eigenvalue weighted by atomic mass is 9.89. The molecule has 0 spiro atoms. The molecule has 1 aromatic rings. The van der Waals surface area contributed by atoms with Gasteiger partial charge in [-0.3, -0.25) is 0 Å². The Balaban J connectivity index is 3.16. The highest BCUT2D eigenvalue weighted by atomic mass is 16.3. The van der Waals surface area contributed by atoms with Crippen LogP contribution in [0.5, 0.6) is 0 Å². The Labute approximate surface area is 80.4 Å². The van der Waals surface area contributed by atoms with E-state index in [2.05, 4.69) is 13.0 Å². The van der Waals surface area contributed by atoms with Gasteiger partial charge in [-0.15, -0.1) is 0 Å². The molecule has 0 aliphatic carbocycles. The smallest absolute Gasteiger partial charge is 0.0868 e. The first kappa shape index (κ1) is 10.3. The minimum absolute atomic E-state index is 0.683. The molecule has 0 saturated carbocycles. The van der Waals surface area contributed by atoms with E-state index in [0.717, 1.165) is 12.0 Å². The average Bonchev–Trinajstić information content (AvgIpc) is 2.03. The van der Waals surface area contributed by atoms with Crippen molar-refractivity contribution in [1.82, 2.24) is 0 Å². The molecule has 0 saturated heterocycles. The van der Waals surface area contributed by atoms with E-state index in [-0.39, 0.29) is 0 Å². The van der Waals surface area contributed by atoms with E-state index in [0.29, 0.717) is 0 Å². The lowest BCUT2D eigenvalue weighted by Crippen LogP contribution is -2.20. The summed E-state index contributed by atoms with van der Waals surface area (Å²) in [5.74, 6) is 0. The van der Waals surface area contributed by atoms with Crippen LogP contribution in [0.15, 0.2) is 18.2 Å².